The molecule has 0 amide bonds. The second kappa shape index (κ2) is 9.67. The number of nitrogens with zero attached hydrogens (tertiary/aromatic N) is 2. The maximum atomic E-state index is 14.2. The lowest BCUT2D eigenvalue weighted by molar-refractivity contribution is -0.136. The Balaban J connectivity index is 1.97. The lowest BCUT2D eigenvalue weighted by atomic mass is 9.95. The minimum absolute atomic E-state index is 0.166. The average molecular weight is 497 g/mol. The highest BCUT2D eigenvalue weighted by molar-refractivity contribution is 7.07. The molecule has 0 aliphatic carbocycles. The average Bonchev–Trinajstić information content (AvgIpc) is 3.13. The van der Waals surface area contributed by atoms with E-state index in [9.17, 15) is 18.8 Å². The van der Waals surface area contributed by atoms with Crippen LogP contribution in [0, 0.1) is 5.82 Å². The van der Waals surface area contributed by atoms with E-state index in [1.807, 2.05) is 0 Å². The molecule has 180 valence electrons. The second-order valence-electron chi connectivity index (χ2n) is 7.60. The van der Waals surface area contributed by atoms with Gasteiger partial charge in [0, 0.05) is 12.5 Å². The third kappa shape index (κ3) is 4.52. The number of benzene rings is 2. The molecule has 1 aliphatic rings. The summed E-state index contributed by atoms with van der Waals surface area (Å²) in [6.45, 7) is 2.92. The fourth-order valence-electron chi connectivity index (χ4n) is 3.83. The molecule has 0 saturated heterocycles. The lowest BCUT2D eigenvalue weighted by Gasteiger charge is -2.25. The molecule has 0 bridgehead atoms. The number of hydrogen-bond acceptors (Lipinski definition) is 8. The molecule has 1 unspecified atom stereocenters. The molecule has 0 spiro atoms. The number of carbonyl (C=O) groups is 2. The Morgan fingerprint density at radius 3 is 2.54 bits per heavy atom. The zero-order chi connectivity index (χ0) is 25.3. The van der Waals surface area contributed by atoms with Crippen LogP contribution in [0.15, 0.2) is 63.5 Å². The van der Waals surface area contributed by atoms with Gasteiger partial charge in [-0.3, -0.25) is 14.2 Å². The second-order valence-corrected chi connectivity index (χ2v) is 8.61. The molecule has 2 heterocycles. The maximum absolute atomic E-state index is 14.2. The lowest BCUT2D eigenvalue weighted by Crippen LogP contribution is -2.39. The summed E-state index contributed by atoms with van der Waals surface area (Å²) < 4.78 is 31.4. The van der Waals surface area contributed by atoms with Crippen molar-refractivity contribution in [3.05, 3.63) is 90.4 Å². The number of allylic oxidation sites excluding steroid dienone is 1. The number of carbonyl (C=O) groups excluding carboxylic acids is 2. The molecule has 3 aromatic rings. The van der Waals surface area contributed by atoms with E-state index in [-0.39, 0.29) is 27.2 Å². The highest BCUT2D eigenvalue weighted by Gasteiger charge is 2.33. The highest BCUT2D eigenvalue weighted by Crippen LogP contribution is 2.36. The van der Waals surface area contributed by atoms with Crippen LogP contribution in [0.5, 0.6) is 11.5 Å². The highest BCUT2D eigenvalue weighted by atomic mass is 32.1. The number of fused-ring (bicyclic) bond motifs is 1. The van der Waals surface area contributed by atoms with E-state index in [0.717, 1.165) is 11.3 Å². The van der Waals surface area contributed by atoms with Gasteiger partial charge in [0.1, 0.15) is 5.82 Å². The van der Waals surface area contributed by atoms with Crippen molar-refractivity contribution in [2.45, 2.75) is 19.9 Å². The summed E-state index contributed by atoms with van der Waals surface area (Å²) >= 11 is 1.09. The summed E-state index contributed by atoms with van der Waals surface area (Å²) in [4.78, 5) is 42.6. The van der Waals surface area contributed by atoms with Gasteiger partial charge in [0.25, 0.3) is 5.56 Å². The van der Waals surface area contributed by atoms with Gasteiger partial charge >= 0.3 is 11.9 Å². The van der Waals surface area contributed by atoms with Gasteiger partial charge in [-0.15, -0.1) is 0 Å². The number of halogens is 1. The number of aromatic nitrogens is 1. The number of rotatable bonds is 5. The minimum atomic E-state index is -0.901. The fourth-order valence-corrected chi connectivity index (χ4v) is 4.87. The van der Waals surface area contributed by atoms with Gasteiger partial charge in [-0.2, -0.15) is 0 Å². The molecule has 0 radical (unpaired) electrons. The van der Waals surface area contributed by atoms with Crippen LogP contribution in [-0.2, 0) is 14.3 Å². The van der Waals surface area contributed by atoms with Crippen molar-refractivity contribution >= 4 is 29.4 Å². The number of thiazole rings is 1. The van der Waals surface area contributed by atoms with E-state index < -0.39 is 29.4 Å². The zero-order valence-electron chi connectivity index (χ0n) is 19.3. The van der Waals surface area contributed by atoms with E-state index in [2.05, 4.69) is 4.99 Å². The van der Waals surface area contributed by atoms with Gasteiger partial charge in [0.2, 0.25) is 0 Å². The number of ether oxygens (including phenoxy) is 3. The first kappa shape index (κ1) is 24.1. The van der Waals surface area contributed by atoms with Gasteiger partial charge in [-0.05, 0) is 36.8 Å². The molecule has 10 heteroatoms. The van der Waals surface area contributed by atoms with Gasteiger partial charge in [-0.1, -0.05) is 35.6 Å². The van der Waals surface area contributed by atoms with Crippen molar-refractivity contribution < 1.29 is 28.2 Å². The minimum Gasteiger partial charge on any atom is -0.493 e. The Morgan fingerprint density at radius 2 is 1.89 bits per heavy atom. The topological polar surface area (TPSA) is 96.2 Å². The molecule has 8 nitrogen and oxygen atoms in total. The van der Waals surface area contributed by atoms with Gasteiger partial charge in [-0.25, -0.2) is 14.2 Å². The Morgan fingerprint density at radius 1 is 1.14 bits per heavy atom. The number of esters is 2. The molecule has 2 aromatic carbocycles. The van der Waals surface area contributed by atoms with E-state index >= 15 is 0 Å². The summed E-state index contributed by atoms with van der Waals surface area (Å²) in [5.41, 5.74) is 0.860. The van der Waals surface area contributed by atoms with Crippen molar-refractivity contribution in [3.8, 4) is 11.5 Å². The van der Waals surface area contributed by atoms with Crippen LogP contribution in [0.25, 0.3) is 6.08 Å². The SMILES string of the molecule is COC(=O)C1=C(C)N=c2s/c(=C/c3ccccc3F)c(=O)n2C1c1ccc(OC(C)=O)c(OC)c1. The van der Waals surface area contributed by atoms with Crippen molar-refractivity contribution in [2.75, 3.05) is 14.2 Å². The molecule has 0 fully saturated rings. The monoisotopic (exact) mass is 496 g/mol. The third-order valence-electron chi connectivity index (χ3n) is 5.38. The van der Waals surface area contributed by atoms with Crippen LogP contribution in [0.1, 0.15) is 31.0 Å². The first-order valence-corrected chi connectivity index (χ1v) is 11.3. The quantitative estimate of drug-likeness (QED) is 0.398. The van der Waals surface area contributed by atoms with E-state index in [0.29, 0.717) is 16.1 Å². The van der Waals surface area contributed by atoms with Gasteiger partial charge in [0.05, 0.1) is 36.1 Å². The number of methoxy groups -OCH3 is 2. The van der Waals surface area contributed by atoms with Crippen LogP contribution in [0.4, 0.5) is 4.39 Å². The predicted octanol–water partition coefficient (Wildman–Crippen LogP) is 2.48. The van der Waals surface area contributed by atoms with Gasteiger partial charge < -0.3 is 14.2 Å². The summed E-state index contributed by atoms with van der Waals surface area (Å²) in [5, 5.41) is 0. The van der Waals surface area contributed by atoms with Crippen LogP contribution in [0.3, 0.4) is 0 Å². The largest absolute Gasteiger partial charge is 0.493 e. The normalized spacial score (nSPS) is 15.3. The molecule has 1 aromatic heterocycles. The van der Waals surface area contributed by atoms with Crippen LogP contribution in [-0.4, -0.2) is 30.7 Å². The van der Waals surface area contributed by atoms with E-state index in [1.54, 1.807) is 37.3 Å². The molecule has 1 aliphatic heterocycles. The van der Waals surface area contributed by atoms with Crippen LogP contribution in [0.2, 0.25) is 0 Å². The number of hydrogen-bond donors (Lipinski definition) is 0. The molecule has 0 N–H and O–H groups in total. The molecule has 4 rings (SSSR count). The van der Waals surface area contributed by atoms with Crippen LogP contribution < -0.4 is 24.4 Å². The zero-order valence-corrected chi connectivity index (χ0v) is 20.1. The molecular formula is C25H21FN2O6S. The molecule has 1 atom stereocenters. The van der Waals surface area contributed by atoms with E-state index in [4.69, 9.17) is 14.2 Å². The predicted molar refractivity (Wildman–Crippen MR) is 126 cm³/mol. The summed E-state index contributed by atoms with van der Waals surface area (Å²) in [7, 11) is 2.65. The van der Waals surface area contributed by atoms with E-state index in [1.165, 1.54) is 43.9 Å². The Bertz CT molecular complexity index is 1550. The molecule has 0 saturated carbocycles. The van der Waals surface area contributed by atoms with Crippen molar-refractivity contribution in [1.29, 1.82) is 0 Å². The van der Waals surface area contributed by atoms with Crippen molar-refractivity contribution in [3.63, 3.8) is 0 Å². The Hall–Kier alpha value is -4.05. The first-order valence-electron chi connectivity index (χ1n) is 10.5. The fraction of sp³-hybridized carbons (Fsp3) is 0.200. The van der Waals surface area contributed by atoms with Gasteiger partial charge in [0.15, 0.2) is 16.3 Å². The van der Waals surface area contributed by atoms with Crippen molar-refractivity contribution in [2.24, 2.45) is 4.99 Å². The molecule has 35 heavy (non-hydrogen) atoms. The summed E-state index contributed by atoms with van der Waals surface area (Å²) in [6, 6.07) is 9.94. The summed E-state index contributed by atoms with van der Waals surface area (Å²) in [6.07, 6.45) is 1.46. The third-order valence-corrected chi connectivity index (χ3v) is 6.36. The smallest absolute Gasteiger partial charge is 0.338 e. The summed E-state index contributed by atoms with van der Waals surface area (Å²) in [5.74, 6) is -1.21. The van der Waals surface area contributed by atoms with Crippen molar-refractivity contribution in [1.82, 2.24) is 4.57 Å². The van der Waals surface area contributed by atoms with Crippen LogP contribution >= 0.6 is 11.3 Å². The Kier molecular flexibility index (Phi) is 6.65. The standard InChI is InChI=1S/C25H21FN2O6S/c1-13-21(24(31)33-4)22(16-9-10-18(34-14(2)29)19(11-16)32-3)28-23(30)20(35-25(28)27-13)12-15-7-5-6-8-17(15)26/h5-12,22H,1-4H3/b20-12+. The Labute approximate surface area is 203 Å². The maximum Gasteiger partial charge on any atom is 0.338 e. The molecular weight excluding hydrogens is 475 g/mol. The first-order chi connectivity index (χ1) is 16.7.